The van der Waals surface area contributed by atoms with E-state index in [1.165, 1.54) is 25.2 Å². The Labute approximate surface area is 105 Å². The average molecular weight is 276 g/mol. The highest BCUT2D eigenvalue weighted by molar-refractivity contribution is 7.92. The summed E-state index contributed by atoms with van der Waals surface area (Å²) in [4.78, 5) is 12.7. The standard InChI is InChI=1S/C11H16O4S2/c1-4-8-5-6-9(16-8)7-17(14,15)11(2,3)10(12)13/h5-6H,4,7H2,1-3H3,(H,12,13). The molecular formula is C11H16O4S2. The molecule has 4 nitrogen and oxygen atoms in total. The minimum absolute atomic E-state index is 0.211. The number of rotatable bonds is 5. The number of aliphatic carboxylic acids is 1. The van der Waals surface area contributed by atoms with Gasteiger partial charge in [0.05, 0.1) is 5.75 Å². The van der Waals surface area contributed by atoms with Crippen LogP contribution in [-0.4, -0.2) is 24.2 Å². The van der Waals surface area contributed by atoms with E-state index in [2.05, 4.69) is 0 Å². The SMILES string of the molecule is CCc1ccc(CS(=O)(=O)C(C)(C)C(=O)O)s1. The van der Waals surface area contributed by atoms with Crippen molar-refractivity contribution in [1.82, 2.24) is 0 Å². The number of carboxylic acid groups (broad SMARTS) is 1. The van der Waals surface area contributed by atoms with Gasteiger partial charge in [0.25, 0.3) is 0 Å². The van der Waals surface area contributed by atoms with Crippen molar-refractivity contribution in [3.05, 3.63) is 21.9 Å². The van der Waals surface area contributed by atoms with Crippen molar-refractivity contribution in [1.29, 1.82) is 0 Å². The van der Waals surface area contributed by atoms with Crippen LogP contribution in [0.1, 0.15) is 30.5 Å². The van der Waals surface area contributed by atoms with Crippen molar-refractivity contribution in [2.75, 3.05) is 0 Å². The Kier molecular flexibility index (Phi) is 3.99. The van der Waals surface area contributed by atoms with Gasteiger partial charge in [0.1, 0.15) is 0 Å². The van der Waals surface area contributed by atoms with Crippen LogP contribution >= 0.6 is 11.3 Å². The van der Waals surface area contributed by atoms with Gasteiger partial charge in [0, 0.05) is 9.75 Å². The van der Waals surface area contributed by atoms with E-state index >= 15 is 0 Å². The van der Waals surface area contributed by atoms with Crippen LogP contribution in [0.25, 0.3) is 0 Å². The van der Waals surface area contributed by atoms with Gasteiger partial charge in [-0.1, -0.05) is 6.92 Å². The molecule has 1 aromatic heterocycles. The van der Waals surface area contributed by atoms with Gasteiger partial charge < -0.3 is 5.11 Å². The molecule has 0 aliphatic carbocycles. The summed E-state index contributed by atoms with van der Waals surface area (Å²) in [5.41, 5.74) is 0. The second kappa shape index (κ2) is 4.78. The van der Waals surface area contributed by atoms with Crippen LogP contribution < -0.4 is 0 Å². The first-order valence-corrected chi connectivity index (χ1v) is 7.71. The van der Waals surface area contributed by atoms with Gasteiger partial charge in [-0.25, -0.2) is 8.42 Å². The molecule has 0 radical (unpaired) electrons. The molecule has 6 heteroatoms. The van der Waals surface area contributed by atoms with Crippen LogP contribution in [0.15, 0.2) is 12.1 Å². The van der Waals surface area contributed by atoms with Crippen molar-refractivity contribution in [2.45, 2.75) is 37.7 Å². The number of hydrogen-bond donors (Lipinski definition) is 1. The van der Waals surface area contributed by atoms with Gasteiger partial charge in [-0.2, -0.15) is 0 Å². The highest BCUT2D eigenvalue weighted by Gasteiger charge is 2.41. The predicted octanol–water partition coefficient (Wildman–Crippen LogP) is 2.09. The lowest BCUT2D eigenvalue weighted by molar-refractivity contribution is -0.139. The molecule has 0 bridgehead atoms. The van der Waals surface area contributed by atoms with E-state index in [0.717, 1.165) is 11.3 Å². The van der Waals surface area contributed by atoms with Crippen molar-refractivity contribution < 1.29 is 18.3 Å². The maximum absolute atomic E-state index is 12.0. The smallest absolute Gasteiger partial charge is 0.324 e. The molecular weight excluding hydrogens is 260 g/mol. The maximum atomic E-state index is 12.0. The van der Waals surface area contributed by atoms with E-state index in [1.54, 1.807) is 6.07 Å². The van der Waals surface area contributed by atoms with Gasteiger partial charge in [-0.05, 0) is 32.4 Å². The van der Waals surface area contributed by atoms with E-state index in [4.69, 9.17) is 5.11 Å². The fourth-order valence-electron chi connectivity index (χ4n) is 1.19. The third kappa shape index (κ3) is 2.87. The second-order valence-corrected chi connectivity index (χ2v) is 8.09. The summed E-state index contributed by atoms with van der Waals surface area (Å²) in [6.07, 6.45) is 0.854. The largest absolute Gasteiger partial charge is 0.480 e. The first-order valence-electron chi connectivity index (χ1n) is 5.24. The molecule has 1 rings (SSSR count). The summed E-state index contributed by atoms with van der Waals surface area (Å²) in [6, 6.07) is 3.63. The number of aryl methyl sites for hydroxylation is 1. The second-order valence-electron chi connectivity index (χ2n) is 4.30. The van der Waals surface area contributed by atoms with E-state index in [-0.39, 0.29) is 5.75 Å². The van der Waals surface area contributed by atoms with Gasteiger partial charge in [0.15, 0.2) is 14.6 Å². The summed E-state index contributed by atoms with van der Waals surface area (Å²) in [5, 5.41) is 8.93. The number of hydrogen-bond acceptors (Lipinski definition) is 4. The molecule has 17 heavy (non-hydrogen) atoms. The fourth-order valence-corrected chi connectivity index (χ4v) is 3.74. The number of sulfone groups is 1. The Bertz CT molecular complexity index is 511. The Morgan fingerprint density at radius 2 is 1.88 bits per heavy atom. The Morgan fingerprint density at radius 3 is 2.29 bits per heavy atom. The molecule has 0 amide bonds. The normalized spacial score (nSPS) is 12.6. The van der Waals surface area contributed by atoms with Crippen LogP contribution in [0.4, 0.5) is 0 Å². The van der Waals surface area contributed by atoms with Crippen molar-refractivity contribution >= 4 is 27.1 Å². The molecule has 0 fully saturated rings. The molecule has 0 spiro atoms. The summed E-state index contributed by atoms with van der Waals surface area (Å²) in [5.74, 6) is -1.53. The van der Waals surface area contributed by atoms with Gasteiger partial charge in [-0.3, -0.25) is 4.79 Å². The molecule has 0 unspecified atom stereocenters. The number of thiophene rings is 1. The molecule has 1 heterocycles. The molecule has 0 aromatic carbocycles. The first kappa shape index (κ1) is 14.2. The minimum atomic E-state index is -3.70. The molecule has 0 aliphatic heterocycles. The lowest BCUT2D eigenvalue weighted by Gasteiger charge is -2.18. The lowest BCUT2D eigenvalue weighted by Crippen LogP contribution is -2.41. The summed E-state index contributed by atoms with van der Waals surface area (Å²) >= 11 is 1.42. The number of carboxylic acids is 1. The highest BCUT2D eigenvalue weighted by atomic mass is 32.2. The zero-order valence-corrected chi connectivity index (χ0v) is 11.7. The molecule has 0 aliphatic rings. The molecule has 0 saturated carbocycles. The Morgan fingerprint density at radius 1 is 1.35 bits per heavy atom. The predicted molar refractivity (Wildman–Crippen MR) is 68.0 cm³/mol. The summed E-state index contributed by atoms with van der Waals surface area (Å²) in [6.45, 7) is 4.43. The monoisotopic (exact) mass is 276 g/mol. The van der Waals surface area contributed by atoms with E-state index in [9.17, 15) is 13.2 Å². The van der Waals surface area contributed by atoms with E-state index in [0.29, 0.717) is 4.88 Å². The van der Waals surface area contributed by atoms with E-state index in [1.807, 2.05) is 13.0 Å². The third-order valence-electron chi connectivity index (χ3n) is 2.69. The zero-order chi connectivity index (χ0) is 13.3. The quantitative estimate of drug-likeness (QED) is 0.894. The van der Waals surface area contributed by atoms with Crippen LogP contribution in [0.5, 0.6) is 0 Å². The van der Waals surface area contributed by atoms with Crippen molar-refractivity contribution in [3.8, 4) is 0 Å². The van der Waals surface area contributed by atoms with Crippen molar-refractivity contribution in [2.24, 2.45) is 0 Å². The average Bonchev–Trinajstić information content (AvgIpc) is 2.64. The molecule has 1 N–H and O–H groups in total. The lowest BCUT2D eigenvalue weighted by atomic mass is 10.2. The number of carbonyl (C=O) groups is 1. The summed E-state index contributed by atoms with van der Waals surface area (Å²) in [7, 11) is -3.70. The highest BCUT2D eigenvalue weighted by Crippen LogP contribution is 2.25. The van der Waals surface area contributed by atoms with Crippen LogP contribution in [0.2, 0.25) is 0 Å². The van der Waals surface area contributed by atoms with Gasteiger partial charge >= 0.3 is 5.97 Å². The molecule has 0 atom stereocenters. The molecule has 96 valence electrons. The Hall–Kier alpha value is -0.880. The Balaban J connectivity index is 2.98. The summed E-state index contributed by atoms with van der Waals surface area (Å²) < 4.78 is 22.2. The molecule has 0 saturated heterocycles. The third-order valence-corrected chi connectivity index (χ3v) is 6.52. The zero-order valence-electron chi connectivity index (χ0n) is 10.1. The topological polar surface area (TPSA) is 71.4 Å². The first-order chi connectivity index (χ1) is 7.70. The van der Waals surface area contributed by atoms with Gasteiger partial charge in [-0.15, -0.1) is 11.3 Å². The minimum Gasteiger partial charge on any atom is -0.480 e. The van der Waals surface area contributed by atoms with Crippen LogP contribution in [0, 0.1) is 0 Å². The maximum Gasteiger partial charge on any atom is 0.324 e. The van der Waals surface area contributed by atoms with E-state index < -0.39 is 20.6 Å². The van der Waals surface area contributed by atoms with Crippen molar-refractivity contribution in [3.63, 3.8) is 0 Å². The molecule has 1 aromatic rings. The van der Waals surface area contributed by atoms with Crippen LogP contribution in [0.3, 0.4) is 0 Å². The fraction of sp³-hybridized carbons (Fsp3) is 0.545. The van der Waals surface area contributed by atoms with Gasteiger partial charge in [0.2, 0.25) is 0 Å². The van der Waals surface area contributed by atoms with Crippen LogP contribution in [-0.2, 0) is 26.8 Å².